The number of hydrogen-bond donors (Lipinski definition) is 2. The molecule has 1 amide bonds. The highest BCUT2D eigenvalue weighted by Crippen LogP contribution is 2.28. The first-order valence-corrected chi connectivity index (χ1v) is 8.45. The predicted molar refractivity (Wildman–Crippen MR) is 93.5 cm³/mol. The van der Waals surface area contributed by atoms with Crippen LogP contribution in [0.3, 0.4) is 0 Å². The number of aliphatic carboxylic acids is 1. The average Bonchev–Trinajstić information content (AvgIpc) is 3.08. The number of amides is 1. The molecule has 0 spiro atoms. The summed E-state index contributed by atoms with van der Waals surface area (Å²) >= 11 is 0. The van der Waals surface area contributed by atoms with Crippen molar-refractivity contribution in [2.24, 2.45) is 0 Å². The Morgan fingerprint density at radius 1 is 1.16 bits per heavy atom. The quantitative estimate of drug-likeness (QED) is 0.813. The zero-order chi connectivity index (χ0) is 17.6. The zero-order valence-corrected chi connectivity index (χ0v) is 13.9. The standard InChI is InChI=1S/C20H21NO4/c22-18(8-4-7-14-5-2-1-3-6-14)21-19(20(23)24)16-9-10-17-15(13-16)11-12-25-17/h1-3,5-6,9-10,13,19H,4,7-8,11-12H2,(H,21,22)(H,23,24). The Morgan fingerprint density at radius 2 is 1.96 bits per heavy atom. The van der Waals surface area contributed by atoms with Gasteiger partial charge in [0.25, 0.3) is 0 Å². The van der Waals surface area contributed by atoms with Crippen LogP contribution in [0.5, 0.6) is 5.75 Å². The van der Waals surface area contributed by atoms with Crippen molar-refractivity contribution in [1.29, 1.82) is 0 Å². The van der Waals surface area contributed by atoms with Gasteiger partial charge in [-0.3, -0.25) is 4.79 Å². The number of carboxylic acids is 1. The van der Waals surface area contributed by atoms with E-state index in [1.54, 1.807) is 12.1 Å². The number of carbonyl (C=O) groups excluding carboxylic acids is 1. The van der Waals surface area contributed by atoms with Gasteiger partial charge in [-0.15, -0.1) is 0 Å². The molecule has 1 atom stereocenters. The third-order valence-electron chi connectivity index (χ3n) is 4.31. The van der Waals surface area contributed by atoms with Crippen LogP contribution in [-0.2, 0) is 22.4 Å². The Bertz CT molecular complexity index is 758. The molecule has 2 N–H and O–H groups in total. The minimum absolute atomic E-state index is 0.250. The van der Waals surface area contributed by atoms with Gasteiger partial charge in [-0.25, -0.2) is 4.79 Å². The van der Waals surface area contributed by atoms with E-state index in [2.05, 4.69) is 5.32 Å². The lowest BCUT2D eigenvalue weighted by molar-refractivity contribution is -0.142. The molecular formula is C20H21NO4. The Morgan fingerprint density at radius 3 is 2.72 bits per heavy atom. The second-order valence-electron chi connectivity index (χ2n) is 6.14. The lowest BCUT2D eigenvalue weighted by atomic mass is 10.0. The highest BCUT2D eigenvalue weighted by Gasteiger charge is 2.24. The third-order valence-corrected chi connectivity index (χ3v) is 4.31. The van der Waals surface area contributed by atoms with Crippen LogP contribution in [0.15, 0.2) is 48.5 Å². The van der Waals surface area contributed by atoms with E-state index in [4.69, 9.17) is 4.74 Å². The van der Waals surface area contributed by atoms with Crippen molar-refractivity contribution in [3.63, 3.8) is 0 Å². The molecule has 1 aliphatic heterocycles. The molecule has 1 unspecified atom stereocenters. The third kappa shape index (κ3) is 4.38. The molecule has 0 aromatic heterocycles. The molecule has 0 saturated heterocycles. The van der Waals surface area contributed by atoms with Crippen molar-refractivity contribution in [3.8, 4) is 5.75 Å². The fraction of sp³-hybridized carbons (Fsp3) is 0.300. The Labute approximate surface area is 146 Å². The summed E-state index contributed by atoms with van der Waals surface area (Å²) in [4.78, 5) is 23.7. The number of hydrogen-bond acceptors (Lipinski definition) is 3. The SMILES string of the molecule is O=C(CCCc1ccccc1)NC(C(=O)O)c1ccc2c(c1)CCO2. The largest absolute Gasteiger partial charge is 0.493 e. The van der Waals surface area contributed by atoms with Gasteiger partial charge in [0.15, 0.2) is 6.04 Å². The minimum atomic E-state index is -1.06. The summed E-state index contributed by atoms with van der Waals surface area (Å²) in [6.45, 7) is 0.613. The molecule has 1 aliphatic rings. The van der Waals surface area contributed by atoms with Crippen LogP contribution in [0, 0.1) is 0 Å². The van der Waals surface area contributed by atoms with Crippen molar-refractivity contribution >= 4 is 11.9 Å². The summed E-state index contributed by atoms with van der Waals surface area (Å²) in [6, 6.07) is 14.2. The number of aryl methyl sites for hydroxylation is 1. The lowest BCUT2D eigenvalue weighted by Gasteiger charge is -2.16. The van der Waals surface area contributed by atoms with Gasteiger partial charge in [-0.05, 0) is 41.7 Å². The van der Waals surface area contributed by atoms with Crippen LogP contribution in [0.25, 0.3) is 0 Å². The topological polar surface area (TPSA) is 75.6 Å². The molecule has 0 saturated carbocycles. The Hall–Kier alpha value is -2.82. The molecule has 2 aromatic rings. The fourth-order valence-electron chi connectivity index (χ4n) is 3.00. The number of ether oxygens (including phenoxy) is 1. The molecule has 0 fully saturated rings. The van der Waals surface area contributed by atoms with Crippen LogP contribution in [-0.4, -0.2) is 23.6 Å². The van der Waals surface area contributed by atoms with Crippen LogP contribution in [0.4, 0.5) is 0 Å². The maximum absolute atomic E-state index is 12.2. The molecule has 0 radical (unpaired) electrons. The minimum Gasteiger partial charge on any atom is -0.493 e. The van der Waals surface area contributed by atoms with E-state index in [9.17, 15) is 14.7 Å². The second kappa shape index (κ2) is 7.83. The van der Waals surface area contributed by atoms with Gasteiger partial charge in [0, 0.05) is 12.8 Å². The number of carboxylic acid groups (broad SMARTS) is 1. The zero-order valence-electron chi connectivity index (χ0n) is 13.9. The van der Waals surface area contributed by atoms with Gasteiger partial charge in [-0.1, -0.05) is 36.4 Å². The second-order valence-corrected chi connectivity index (χ2v) is 6.14. The summed E-state index contributed by atoms with van der Waals surface area (Å²) in [5.74, 6) is -0.516. The van der Waals surface area contributed by atoms with Gasteiger partial charge in [0.1, 0.15) is 5.75 Å². The smallest absolute Gasteiger partial charge is 0.330 e. The van der Waals surface area contributed by atoms with E-state index in [1.165, 1.54) is 5.56 Å². The van der Waals surface area contributed by atoms with Gasteiger partial charge in [0.05, 0.1) is 6.61 Å². The van der Waals surface area contributed by atoms with Crippen molar-refractivity contribution in [2.75, 3.05) is 6.61 Å². The molecule has 3 rings (SSSR count). The Kier molecular flexibility index (Phi) is 5.33. The van der Waals surface area contributed by atoms with E-state index in [0.717, 1.165) is 24.2 Å². The van der Waals surface area contributed by atoms with Crippen molar-refractivity contribution in [3.05, 3.63) is 65.2 Å². The molecule has 1 heterocycles. The van der Waals surface area contributed by atoms with Crippen molar-refractivity contribution in [2.45, 2.75) is 31.7 Å². The van der Waals surface area contributed by atoms with Crippen LogP contribution in [0.1, 0.15) is 35.6 Å². The first kappa shape index (κ1) is 17.0. The number of nitrogens with one attached hydrogen (secondary N) is 1. The predicted octanol–water partition coefficient (Wildman–Crippen LogP) is 2.89. The van der Waals surface area contributed by atoms with Gasteiger partial charge in [0.2, 0.25) is 5.91 Å². The van der Waals surface area contributed by atoms with E-state index >= 15 is 0 Å². The fourth-order valence-corrected chi connectivity index (χ4v) is 3.00. The number of fused-ring (bicyclic) bond motifs is 1. The first-order chi connectivity index (χ1) is 12.1. The number of benzene rings is 2. The summed E-state index contributed by atoms with van der Waals surface area (Å²) in [5.41, 5.74) is 2.74. The van der Waals surface area contributed by atoms with Crippen LogP contribution >= 0.6 is 0 Å². The number of rotatable bonds is 7. The summed E-state index contributed by atoms with van der Waals surface area (Å²) in [7, 11) is 0. The van der Waals surface area contributed by atoms with Crippen LogP contribution in [0.2, 0.25) is 0 Å². The summed E-state index contributed by atoms with van der Waals surface area (Å²) < 4.78 is 5.44. The van der Waals surface area contributed by atoms with E-state index in [1.807, 2.05) is 36.4 Å². The number of carbonyl (C=O) groups is 2. The molecule has 130 valence electrons. The average molecular weight is 339 g/mol. The molecule has 0 aliphatic carbocycles. The normalized spacial score (nSPS) is 13.6. The molecule has 0 bridgehead atoms. The molecule has 5 nitrogen and oxygen atoms in total. The summed E-state index contributed by atoms with van der Waals surface area (Å²) in [6.07, 6.45) is 2.54. The van der Waals surface area contributed by atoms with Crippen molar-refractivity contribution in [1.82, 2.24) is 5.32 Å². The molecule has 25 heavy (non-hydrogen) atoms. The maximum Gasteiger partial charge on any atom is 0.330 e. The summed E-state index contributed by atoms with van der Waals surface area (Å²) in [5, 5.41) is 12.1. The highest BCUT2D eigenvalue weighted by atomic mass is 16.5. The monoisotopic (exact) mass is 339 g/mol. The molecule has 5 heteroatoms. The lowest BCUT2D eigenvalue weighted by Crippen LogP contribution is -2.33. The highest BCUT2D eigenvalue weighted by molar-refractivity contribution is 5.84. The molecule has 2 aromatic carbocycles. The maximum atomic E-state index is 12.2. The van der Waals surface area contributed by atoms with Gasteiger partial charge >= 0.3 is 5.97 Å². The van der Waals surface area contributed by atoms with E-state index < -0.39 is 12.0 Å². The van der Waals surface area contributed by atoms with Crippen LogP contribution < -0.4 is 10.1 Å². The Balaban J connectivity index is 1.58. The van der Waals surface area contributed by atoms with Gasteiger partial charge < -0.3 is 15.2 Å². The molecular weight excluding hydrogens is 318 g/mol. The van der Waals surface area contributed by atoms with E-state index in [0.29, 0.717) is 25.0 Å². The van der Waals surface area contributed by atoms with Crippen molar-refractivity contribution < 1.29 is 19.4 Å². The first-order valence-electron chi connectivity index (χ1n) is 8.45. The van der Waals surface area contributed by atoms with Gasteiger partial charge in [-0.2, -0.15) is 0 Å². The van der Waals surface area contributed by atoms with E-state index in [-0.39, 0.29) is 5.91 Å².